The maximum atomic E-state index is 10.2. The number of aromatic nitrogens is 2. The van der Waals surface area contributed by atoms with Crippen molar-refractivity contribution in [3.8, 4) is 0 Å². The monoisotopic (exact) mass is 245 g/mol. The van der Waals surface area contributed by atoms with Crippen LogP contribution in [0.25, 0.3) is 11.0 Å². The molecular formula is C13H15N3O2. The summed E-state index contributed by atoms with van der Waals surface area (Å²) in [6.07, 6.45) is 0. The molecule has 5 nitrogen and oxygen atoms in total. The average Bonchev–Trinajstić information content (AvgIpc) is 2.72. The number of hydrogen-bond acceptors (Lipinski definition) is 4. The van der Waals surface area contributed by atoms with E-state index in [1.807, 2.05) is 12.1 Å². The Hall–Kier alpha value is -1.88. The molecule has 0 bridgehead atoms. The van der Waals surface area contributed by atoms with Crippen LogP contribution in [-0.2, 0) is 29.2 Å². The van der Waals surface area contributed by atoms with Crippen molar-refractivity contribution in [3.63, 3.8) is 0 Å². The van der Waals surface area contributed by atoms with Crippen LogP contribution >= 0.6 is 0 Å². The average molecular weight is 245 g/mol. The van der Waals surface area contributed by atoms with Gasteiger partial charge in [0.2, 0.25) is 0 Å². The van der Waals surface area contributed by atoms with Crippen LogP contribution in [0.3, 0.4) is 0 Å². The highest BCUT2D eigenvalue weighted by molar-refractivity contribution is 5.77. The first-order chi connectivity index (χ1) is 8.78. The molecule has 0 spiro atoms. The van der Waals surface area contributed by atoms with Gasteiger partial charge in [0.15, 0.2) is 0 Å². The van der Waals surface area contributed by atoms with E-state index in [9.17, 15) is 4.79 Å². The zero-order valence-corrected chi connectivity index (χ0v) is 10.3. The lowest BCUT2D eigenvalue weighted by Gasteiger charge is -2.23. The van der Waals surface area contributed by atoms with E-state index in [-0.39, 0.29) is 0 Å². The lowest BCUT2D eigenvalue weighted by Crippen LogP contribution is -2.30. The van der Waals surface area contributed by atoms with Crippen LogP contribution in [0.1, 0.15) is 11.4 Å². The van der Waals surface area contributed by atoms with E-state index in [0.717, 1.165) is 42.1 Å². The van der Waals surface area contributed by atoms with Gasteiger partial charge in [0.25, 0.3) is 6.47 Å². The highest BCUT2D eigenvalue weighted by Gasteiger charge is 2.17. The van der Waals surface area contributed by atoms with Gasteiger partial charge in [0.05, 0.1) is 17.6 Å². The summed E-state index contributed by atoms with van der Waals surface area (Å²) in [6.45, 7) is 3.69. The molecule has 0 amide bonds. The zero-order valence-electron chi connectivity index (χ0n) is 10.3. The van der Waals surface area contributed by atoms with Gasteiger partial charge in [-0.1, -0.05) is 6.07 Å². The second-order valence-corrected chi connectivity index (χ2v) is 4.65. The van der Waals surface area contributed by atoms with Gasteiger partial charge >= 0.3 is 0 Å². The Labute approximate surface area is 105 Å². The second kappa shape index (κ2) is 4.42. The summed E-state index contributed by atoms with van der Waals surface area (Å²) in [4.78, 5) is 17.1. The van der Waals surface area contributed by atoms with E-state index >= 15 is 0 Å². The predicted molar refractivity (Wildman–Crippen MR) is 66.9 cm³/mol. The molecule has 2 aromatic rings. The summed E-state index contributed by atoms with van der Waals surface area (Å²) in [7, 11) is 2.10. The van der Waals surface area contributed by atoms with Gasteiger partial charge in [-0.05, 0) is 24.7 Å². The molecule has 1 aliphatic rings. The van der Waals surface area contributed by atoms with Crippen molar-refractivity contribution in [3.05, 3.63) is 29.6 Å². The first-order valence-electron chi connectivity index (χ1n) is 6.00. The molecule has 0 atom stereocenters. The van der Waals surface area contributed by atoms with Crippen molar-refractivity contribution in [1.82, 2.24) is 14.5 Å². The van der Waals surface area contributed by atoms with Crippen molar-refractivity contribution in [2.75, 3.05) is 13.6 Å². The zero-order chi connectivity index (χ0) is 12.5. The molecule has 0 saturated carbocycles. The molecule has 2 heterocycles. The van der Waals surface area contributed by atoms with E-state index in [4.69, 9.17) is 4.74 Å². The number of benzene rings is 1. The summed E-state index contributed by atoms with van der Waals surface area (Å²) >= 11 is 0. The molecule has 0 unspecified atom stereocenters. The SMILES string of the molecule is CN1CCn2c(nc3cc(COC=O)ccc32)C1. The first kappa shape index (κ1) is 11.2. The van der Waals surface area contributed by atoms with Crippen LogP contribution in [0.15, 0.2) is 18.2 Å². The van der Waals surface area contributed by atoms with Crippen molar-refractivity contribution in [2.24, 2.45) is 0 Å². The number of fused-ring (bicyclic) bond motifs is 3. The number of carbonyl (C=O) groups is 1. The smallest absolute Gasteiger partial charge is 0.293 e. The predicted octanol–water partition coefficient (Wildman–Crippen LogP) is 1.15. The van der Waals surface area contributed by atoms with Crippen LogP contribution in [0, 0.1) is 0 Å². The molecule has 1 aliphatic heterocycles. The van der Waals surface area contributed by atoms with E-state index in [1.54, 1.807) is 0 Å². The summed E-state index contributed by atoms with van der Waals surface area (Å²) < 4.78 is 7.03. The van der Waals surface area contributed by atoms with Gasteiger partial charge in [-0.2, -0.15) is 0 Å². The minimum Gasteiger partial charge on any atom is -0.463 e. The molecule has 0 aliphatic carbocycles. The van der Waals surface area contributed by atoms with Gasteiger partial charge in [-0.3, -0.25) is 9.69 Å². The van der Waals surface area contributed by atoms with E-state index in [0.29, 0.717) is 13.1 Å². The molecule has 1 aromatic carbocycles. The van der Waals surface area contributed by atoms with Crippen LogP contribution in [0.4, 0.5) is 0 Å². The molecule has 5 heteroatoms. The van der Waals surface area contributed by atoms with Crippen molar-refractivity contribution >= 4 is 17.5 Å². The number of likely N-dealkylation sites (N-methyl/N-ethyl adjacent to an activating group) is 1. The molecule has 0 radical (unpaired) electrons. The van der Waals surface area contributed by atoms with Gasteiger partial charge < -0.3 is 9.30 Å². The van der Waals surface area contributed by atoms with Crippen LogP contribution in [-0.4, -0.2) is 34.5 Å². The maximum Gasteiger partial charge on any atom is 0.293 e. The summed E-state index contributed by atoms with van der Waals surface area (Å²) in [5.74, 6) is 1.10. The Kier molecular flexibility index (Phi) is 2.76. The summed E-state index contributed by atoms with van der Waals surface area (Å²) in [6, 6.07) is 6.03. The fourth-order valence-electron chi connectivity index (χ4n) is 2.41. The molecule has 94 valence electrons. The molecule has 3 rings (SSSR count). The number of hydrogen-bond donors (Lipinski definition) is 0. The highest BCUT2D eigenvalue weighted by atomic mass is 16.5. The van der Waals surface area contributed by atoms with Crippen molar-refractivity contribution in [2.45, 2.75) is 19.7 Å². The molecule has 18 heavy (non-hydrogen) atoms. The minimum absolute atomic E-state index is 0.307. The Morgan fingerprint density at radius 3 is 3.17 bits per heavy atom. The summed E-state index contributed by atoms with van der Waals surface area (Å²) in [5.41, 5.74) is 3.11. The second-order valence-electron chi connectivity index (χ2n) is 4.65. The lowest BCUT2D eigenvalue weighted by molar-refractivity contribution is -0.129. The van der Waals surface area contributed by atoms with Gasteiger partial charge in [0, 0.05) is 13.1 Å². The quantitative estimate of drug-likeness (QED) is 0.761. The third kappa shape index (κ3) is 1.86. The normalized spacial score (nSPS) is 15.6. The molecular weight excluding hydrogens is 230 g/mol. The van der Waals surface area contributed by atoms with Crippen molar-refractivity contribution in [1.29, 1.82) is 0 Å². The fraction of sp³-hybridized carbons (Fsp3) is 0.385. The molecule has 0 fully saturated rings. The number of carbonyl (C=O) groups excluding carboxylic acids is 1. The maximum absolute atomic E-state index is 10.2. The van der Waals surface area contributed by atoms with Gasteiger partial charge in [-0.25, -0.2) is 4.98 Å². The number of rotatable bonds is 3. The minimum atomic E-state index is 0.307. The molecule has 0 N–H and O–H groups in total. The largest absolute Gasteiger partial charge is 0.463 e. The Balaban J connectivity index is 2.00. The Morgan fingerprint density at radius 2 is 2.33 bits per heavy atom. The van der Waals surface area contributed by atoms with E-state index in [1.165, 1.54) is 0 Å². The standard InChI is InChI=1S/C13H15N3O2/c1-15-4-5-16-12-3-2-10(8-18-9-17)6-11(12)14-13(16)7-15/h2-3,6,9H,4-5,7-8H2,1H3. The van der Waals surface area contributed by atoms with Gasteiger partial charge in [-0.15, -0.1) is 0 Å². The third-order valence-corrected chi connectivity index (χ3v) is 3.33. The topological polar surface area (TPSA) is 47.4 Å². The highest BCUT2D eigenvalue weighted by Crippen LogP contribution is 2.21. The van der Waals surface area contributed by atoms with Gasteiger partial charge in [0.1, 0.15) is 12.4 Å². The third-order valence-electron chi connectivity index (χ3n) is 3.33. The number of nitrogens with zero attached hydrogens (tertiary/aromatic N) is 3. The van der Waals surface area contributed by atoms with E-state index in [2.05, 4.69) is 27.6 Å². The number of ether oxygens (including phenoxy) is 1. The Morgan fingerprint density at radius 1 is 1.44 bits per heavy atom. The lowest BCUT2D eigenvalue weighted by atomic mass is 10.2. The van der Waals surface area contributed by atoms with Crippen LogP contribution in [0.2, 0.25) is 0 Å². The summed E-state index contributed by atoms with van der Waals surface area (Å²) in [5, 5.41) is 0. The molecule has 0 saturated heterocycles. The Bertz CT molecular complexity index is 591. The van der Waals surface area contributed by atoms with E-state index < -0.39 is 0 Å². The molecule has 1 aromatic heterocycles. The number of imidazole rings is 1. The first-order valence-corrected chi connectivity index (χ1v) is 6.00. The van der Waals surface area contributed by atoms with Crippen LogP contribution < -0.4 is 0 Å². The van der Waals surface area contributed by atoms with Crippen molar-refractivity contribution < 1.29 is 9.53 Å². The fourth-order valence-corrected chi connectivity index (χ4v) is 2.41. The van der Waals surface area contributed by atoms with Crippen LogP contribution in [0.5, 0.6) is 0 Å².